The molecule has 0 heterocycles. The monoisotopic (exact) mass is 242 g/mol. The van der Waals surface area contributed by atoms with Gasteiger partial charge in [0.15, 0.2) is 0 Å². The third-order valence-electron chi connectivity index (χ3n) is 3.56. The second-order valence-corrected chi connectivity index (χ2v) is 4.42. The molecule has 0 bridgehead atoms. The van der Waals surface area contributed by atoms with Gasteiger partial charge in [-0.2, -0.15) is 0 Å². The predicted molar refractivity (Wildman–Crippen MR) is 59.1 cm³/mol. The van der Waals surface area contributed by atoms with Crippen molar-refractivity contribution < 1.29 is 23.9 Å². The van der Waals surface area contributed by atoms with Gasteiger partial charge in [0.2, 0.25) is 0 Å². The molecular formula is C12H18O5. The van der Waals surface area contributed by atoms with Crippen molar-refractivity contribution in [3.8, 4) is 0 Å². The van der Waals surface area contributed by atoms with Gasteiger partial charge in [0.25, 0.3) is 0 Å². The van der Waals surface area contributed by atoms with Gasteiger partial charge in [0.05, 0.1) is 14.2 Å². The van der Waals surface area contributed by atoms with Gasteiger partial charge in [-0.25, -0.2) is 0 Å². The van der Waals surface area contributed by atoms with Crippen molar-refractivity contribution in [2.45, 2.75) is 32.6 Å². The van der Waals surface area contributed by atoms with Crippen LogP contribution >= 0.6 is 0 Å². The Morgan fingerprint density at radius 1 is 1.35 bits per heavy atom. The summed E-state index contributed by atoms with van der Waals surface area (Å²) in [5, 5.41) is 0. The van der Waals surface area contributed by atoms with Crippen LogP contribution in [0.25, 0.3) is 0 Å². The van der Waals surface area contributed by atoms with E-state index < -0.39 is 23.3 Å². The van der Waals surface area contributed by atoms with Gasteiger partial charge in [0.1, 0.15) is 11.2 Å². The summed E-state index contributed by atoms with van der Waals surface area (Å²) in [5.41, 5.74) is -1.15. The van der Waals surface area contributed by atoms with Gasteiger partial charge >= 0.3 is 11.9 Å². The van der Waals surface area contributed by atoms with Crippen molar-refractivity contribution in [2.24, 2.45) is 11.3 Å². The average Bonchev–Trinajstić information content (AvgIpc) is 2.70. The van der Waals surface area contributed by atoms with Crippen LogP contribution in [-0.4, -0.2) is 31.9 Å². The largest absolute Gasteiger partial charge is 0.469 e. The lowest BCUT2D eigenvalue weighted by Crippen LogP contribution is -2.43. The Morgan fingerprint density at radius 3 is 2.41 bits per heavy atom. The Balaban J connectivity index is 2.95. The molecule has 0 aromatic carbocycles. The molecule has 5 nitrogen and oxygen atoms in total. The van der Waals surface area contributed by atoms with E-state index in [1.54, 1.807) is 6.92 Å². The van der Waals surface area contributed by atoms with Crippen molar-refractivity contribution in [1.29, 1.82) is 0 Å². The quantitative estimate of drug-likeness (QED) is 0.545. The lowest BCUT2D eigenvalue weighted by molar-refractivity contribution is -0.161. The predicted octanol–water partition coefficient (Wildman–Crippen LogP) is 1.10. The van der Waals surface area contributed by atoms with Crippen molar-refractivity contribution in [3.63, 3.8) is 0 Å². The van der Waals surface area contributed by atoms with Crippen LogP contribution in [0.15, 0.2) is 0 Å². The van der Waals surface area contributed by atoms with Crippen LogP contribution in [0.4, 0.5) is 0 Å². The van der Waals surface area contributed by atoms with Crippen LogP contribution in [0, 0.1) is 11.3 Å². The lowest BCUT2D eigenvalue weighted by atomic mass is 9.72. The van der Waals surface area contributed by atoms with Crippen LogP contribution in [-0.2, 0) is 23.9 Å². The molecular weight excluding hydrogens is 224 g/mol. The third-order valence-corrected chi connectivity index (χ3v) is 3.56. The van der Waals surface area contributed by atoms with Gasteiger partial charge in [-0.15, -0.1) is 0 Å². The zero-order valence-corrected chi connectivity index (χ0v) is 10.4. The molecule has 0 spiro atoms. The molecule has 1 rings (SSSR count). The maximum atomic E-state index is 12.0. The molecule has 2 atom stereocenters. The second-order valence-electron chi connectivity index (χ2n) is 4.42. The van der Waals surface area contributed by atoms with Crippen LogP contribution in [0.3, 0.4) is 0 Å². The highest BCUT2D eigenvalue weighted by molar-refractivity contribution is 6.05. The molecule has 96 valence electrons. The van der Waals surface area contributed by atoms with E-state index in [0.29, 0.717) is 19.3 Å². The first-order valence-corrected chi connectivity index (χ1v) is 5.67. The van der Waals surface area contributed by atoms with E-state index in [2.05, 4.69) is 4.74 Å². The molecule has 0 aromatic rings. The summed E-state index contributed by atoms with van der Waals surface area (Å²) in [7, 11) is 2.55. The van der Waals surface area contributed by atoms with E-state index in [0.717, 1.165) is 0 Å². The van der Waals surface area contributed by atoms with Crippen LogP contribution in [0.1, 0.15) is 32.6 Å². The van der Waals surface area contributed by atoms with Gasteiger partial charge in [-0.1, -0.05) is 6.92 Å². The van der Waals surface area contributed by atoms with Crippen LogP contribution in [0.5, 0.6) is 0 Å². The summed E-state index contributed by atoms with van der Waals surface area (Å²) in [4.78, 5) is 35.1. The second kappa shape index (κ2) is 5.29. The number of ketones is 1. The van der Waals surface area contributed by atoms with E-state index in [-0.39, 0.29) is 12.2 Å². The minimum absolute atomic E-state index is 0.0529. The van der Waals surface area contributed by atoms with E-state index in [1.165, 1.54) is 14.2 Å². The number of hydrogen-bond acceptors (Lipinski definition) is 5. The first-order chi connectivity index (χ1) is 7.98. The zero-order valence-electron chi connectivity index (χ0n) is 10.4. The highest BCUT2D eigenvalue weighted by Crippen LogP contribution is 2.44. The fourth-order valence-corrected chi connectivity index (χ4v) is 2.52. The summed E-state index contributed by atoms with van der Waals surface area (Å²) in [6, 6.07) is 0. The molecule has 0 aromatic heterocycles. The summed E-state index contributed by atoms with van der Waals surface area (Å²) in [6.07, 6.45) is 1.55. The van der Waals surface area contributed by atoms with Gasteiger partial charge < -0.3 is 9.47 Å². The Kier molecular flexibility index (Phi) is 4.26. The molecule has 0 radical (unpaired) electrons. The Bertz CT molecular complexity index is 336. The fourth-order valence-electron chi connectivity index (χ4n) is 2.52. The van der Waals surface area contributed by atoms with E-state index in [1.807, 2.05) is 0 Å². The average molecular weight is 242 g/mol. The normalized spacial score (nSPS) is 25.5. The molecule has 5 heteroatoms. The number of esters is 2. The first-order valence-electron chi connectivity index (χ1n) is 5.67. The molecule has 0 N–H and O–H groups in total. The van der Waals surface area contributed by atoms with E-state index in [9.17, 15) is 14.4 Å². The minimum atomic E-state index is -1.15. The maximum absolute atomic E-state index is 12.0. The number of carbonyl (C=O) groups is 3. The third kappa shape index (κ3) is 2.33. The maximum Gasteiger partial charge on any atom is 0.319 e. The smallest absolute Gasteiger partial charge is 0.319 e. The zero-order chi connectivity index (χ0) is 13.1. The van der Waals surface area contributed by atoms with Crippen molar-refractivity contribution in [2.75, 3.05) is 14.2 Å². The summed E-state index contributed by atoms with van der Waals surface area (Å²) >= 11 is 0. The van der Waals surface area contributed by atoms with E-state index >= 15 is 0 Å². The van der Waals surface area contributed by atoms with Crippen molar-refractivity contribution in [1.82, 2.24) is 0 Å². The number of rotatable bonds is 4. The fraction of sp³-hybridized carbons (Fsp3) is 0.750. The lowest BCUT2D eigenvalue weighted by Gasteiger charge is -2.30. The number of Topliss-reactive ketones (excluding diaryl/α,β-unsaturated/α-hetero) is 1. The number of carbonyl (C=O) groups excluding carboxylic acids is 3. The van der Waals surface area contributed by atoms with Gasteiger partial charge in [-0.3, -0.25) is 14.4 Å². The Hall–Kier alpha value is -1.39. The minimum Gasteiger partial charge on any atom is -0.469 e. The molecule has 17 heavy (non-hydrogen) atoms. The number of methoxy groups -OCH3 is 2. The molecule has 1 aliphatic rings. The molecule has 1 aliphatic carbocycles. The molecule has 1 saturated carbocycles. The SMILES string of the molecule is COC(=O)C[C@H](C)[C@@]1(C(=O)OC)CCCC1=O. The van der Waals surface area contributed by atoms with E-state index in [4.69, 9.17) is 4.74 Å². The van der Waals surface area contributed by atoms with Crippen molar-refractivity contribution >= 4 is 17.7 Å². The molecule has 1 fully saturated rings. The van der Waals surface area contributed by atoms with Crippen molar-refractivity contribution in [3.05, 3.63) is 0 Å². The summed E-state index contributed by atoms with van der Waals surface area (Å²) in [5.74, 6) is -1.46. The Labute approximate surface area is 100 Å². The summed E-state index contributed by atoms with van der Waals surface area (Å²) in [6.45, 7) is 1.72. The van der Waals surface area contributed by atoms with Gasteiger partial charge in [-0.05, 0) is 18.8 Å². The molecule has 0 amide bonds. The number of hydrogen-bond donors (Lipinski definition) is 0. The first kappa shape index (κ1) is 13.7. The molecule has 0 unspecified atom stereocenters. The highest BCUT2D eigenvalue weighted by Gasteiger charge is 2.53. The topological polar surface area (TPSA) is 69.7 Å². The van der Waals surface area contributed by atoms with Gasteiger partial charge in [0, 0.05) is 12.8 Å². The highest BCUT2D eigenvalue weighted by atomic mass is 16.5. The number of ether oxygens (including phenoxy) is 2. The van der Waals surface area contributed by atoms with Crippen LogP contribution < -0.4 is 0 Å². The molecule has 0 saturated heterocycles. The molecule has 0 aliphatic heterocycles. The standard InChI is InChI=1S/C12H18O5/c1-8(7-10(14)16-2)12(11(15)17-3)6-4-5-9(12)13/h8H,4-7H2,1-3H3/t8-,12-/m0/s1. The summed E-state index contributed by atoms with van der Waals surface area (Å²) < 4.78 is 9.30. The van der Waals surface area contributed by atoms with Crippen LogP contribution in [0.2, 0.25) is 0 Å². The Morgan fingerprint density at radius 2 is 2.00 bits per heavy atom.